The second-order valence-electron chi connectivity index (χ2n) is 5.40. The fourth-order valence-electron chi connectivity index (χ4n) is 2.27. The fourth-order valence-corrected chi connectivity index (χ4v) is 3.14. The summed E-state index contributed by atoms with van der Waals surface area (Å²) in [4.78, 5) is 12.3. The molecular formula is C19H18N2O3S. The van der Waals surface area contributed by atoms with Crippen molar-refractivity contribution >= 4 is 17.7 Å². The van der Waals surface area contributed by atoms with Crippen LogP contribution >= 0.6 is 11.8 Å². The molecule has 5 nitrogen and oxygen atoms in total. The zero-order valence-electron chi connectivity index (χ0n) is 14.0. The molecule has 128 valence electrons. The molecule has 6 heteroatoms. The number of aromatic nitrogens is 2. The smallest absolute Gasteiger partial charge is 0.324 e. The summed E-state index contributed by atoms with van der Waals surface area (Å²) in [7, 11) is 0. The normalized spacial score (nSPS) is 11.9. The number of aryl methyl sites for hydroxylation is 1. The maximum Gasteiger partial charge on any atom is 0.324 e. The van der Waals surface area contributed by atoms with E-state index in [9.17, 15) is 4.79 Å². The minimum atomic E-state index is -0.549. The Kier molecular flexibility index (Phi) is 5.50. The van der Waals surface area contributed by atoms with Crippen LogP contribution in [0.4, 0.5) is 0 Å². The van der Waals surface area contributed by atoms with Crippen LogP contribution in [-0.2, 0) is 9.53 Å². The highest BCUT2D eigenvalue weighted by molar-refractivity contribution is 8.00. The highest BCUT2D eigenvalue weighted by Crippen LogP contribution is 2.36. The molecule has 0 bridgehead atoms. The fraction of sp³-hybridized carbons (Fsp3) is 0.211. The number of thioether (sulfide) groups is 1. The standard InChI is InChI=1S/C19H18N2O3S/c1-3-23-18(22)16(14-7-5-4-6-8-14)25-19-21-20-17(24-19)15-11-9-13(2)10-12-15/h4-12,16H,3H2,1-2H3/t16-/m0/s1. The van der Waals surface area contributed by atoms with E-state index in [-0.39, 0.29) is 5.97 Å². The van der Waals surface area contributed by atoms with Gasteiger partial charge in [0.15, 0.2) is 0 Å². The minimum absolute atomic E-state index is 0.321. The molecular weight excluding hydrogens is 336 g/mol. The van der Waals surface area contributed by atoms with E-state index in [0.29, 0.717) is 17.7 Å². The number of ether oxygens (including phenoxy) is 1. The molecule has 0 amide bonds. The largest absolute Gasteiger partial charge is 0.465 e. The van der Waals surface area contributed by atoms with E-state index in [0.717, 1.165) is 16.7 Å². The Labute approximate surface area is 150 Å². The number of rotatable bonds is 6. The third-order valence-corrected chi connectivity index (χ3v) is 4.59. The molecule has 3 aromatic rings. The van der Waals surface area contributed by atoms with Crippen molar-refractivity contribution < 1.29 is 13.9 Å². The van der Waals surface area contributed by atoms with Gasteiger partial charge in [-0.2, -0.15) is 0 Å². The molecule has 1 aromatic heterocycles. The lowest BCUT2D eigenvalue weighted by atomic mass is 10.1. The van der Waals surface area contributed by atoms with Gasteiger partial charge >= 0.3 is 5.97 Å². The van der Waals surface area contributed by atoms with Gasteiger partial charge in [0, 0.05) is 5.56 Å². The third-order valence-electron chi connectivity index (χ3n) is 3.53. The third kappa shape index (κ3) is 4.28. The lowest BCUT2D eigenvalue weighted by Gasteiger charge is -2.13. The number of carbonyl (C=O) groups excluding carboxylic acids is 1. The van der Waals surface area contributed by atoms with E-state index in [1.807, 2.05) is 61.5 Å². The number of benzene rings is 2. The Bertz CT molecular complexity index is 831. The maximum atomic E-state index is 12.3. The van der Waals surface area contributed by atoms with Gasteiger partial charge in [0.1, 0.15) is 5.25 Å². The van der Waals surface area contributed by atoms with Gasteiger partial charge in [0.05, 0.1) is 6.61 Å². The van der Waals surface area contributed by atoms with Gasteiger partial charge in [-0.3, -0.25) is 4.79 Å². The highest BCUT2D eigenvalue weighted by atomic mass is 32.2. The molecule has 2 aromatic carbocycles. The summed E-state index contributed by atoms with van der Waals surface area (Å²) in [6.45, 7) is 4.12. The Hall–Kier alpha value is -2.60. The van der Waals surface area contributed by atoms with E-state index in [1.54, 1.807) is 6.92 Å². The maximum absolute atomic E-state index is 12.3. The first kappa shape index (κ1) is 17.2. The van der Waals surface area contributed by atoms with Crippen molar-refractivity contribution in [2.75, 3.05) is 6.61 Å². The predicted molar refractivity (Wildman–Crippen MR) is 96.1 cm³/mol. The van der Waals surface area contributed by atoms with Gasteiger partial charge in [-0.05, 0) is 43.3 Å². The molecule has 0 aliphatic heterocycles. The Morgan fingerprint density at radius 1 is 1.12 bits per heavy atom. The van der Waals surface area contributed by atoms with Crippen LogP contribution in [0.2, 0.25) is 0 Å². The number of esters is 1. The molecule has 3 rings (SSSR count). The Morgan fingerprint density at radius 3 is 2.52 bits per heavy atom. The van der Waals surface area contributed by atoms with Gasteiger partial charge in [-0.15, -0.1) is 10.2 Å². The van der Waals surface area contributed by atoms with Crippen molar-refractivity contribution in [3.05, 3.63) is 65.7 Å². The molecule has 0 aliphatic rings. The van der Waals surface area contributed by atoms with Crippen LogP contribution < -0.4 is 0 Å². The first-order chi connectivity index (χ1) is 12.2. The van der Waals surface area contributed by atoms with Gasteiger partial charge < -0.3 is 9.15 Å². The minimum Gasteiger partial charge on any atom is -0.465 e. The molecule has 0 aliphatic carbocycles. The molecule has 25 heavy (non-hydrogen) atoms. The van der Waals surface area contributed by atoms with E-state index in [2.05, 4.69) is 10.2 Å². The van der Waals surface area contributed by atoms with Gasteiger partial charge in [0.2, 0.25) is 5.89 Å². The molecule has 0 unspecified atom stereocenters. The number of hydrogen-bond acceptors (Lipinski definition) is 6. The van der Waals surface area contributed by atoms with Crippen LogP contribution in [0.25, 0.3) is 11.5 Å². The number of hydrogen-bond donors (Lipinski definition) is 0. The van der Waals surface area contributed by atoms with Crippen LogP contribution in [0.3, 0.4) is 0 Å². The lowest BCUT2D eigenvalue weighted by molar-refractivity contribution is -0.142. The molecule has 0 spiro atoms. The van der Waals surface area contributed by atoms with Crippen molar-refractivity contribution in [3.63, 3.8) is 0 Å². The molecule has 1 atom stereocenters. The first-order valence-corrected chi connectivity index (χ1v) is 8.84. The van der Waals surface area contributed by atoms with Crippen LogP contribution in [0, 0.1) is 6.92 Å². The second-order valence-corrected chi connectivity index (χ2v) is 6.46. The van der Waals surface area contributed by atoms with Crippen molar-refractivity contribution in [2.45, 2.75) is 24.3 Å². The van der Waals surface area contributed by atoms with Crippen molar-refractivity contribution in [1.29, 1.82) is 0 Å². The van der Waals surface area contributed by atoms with E-state index in [1.165, 1.54) is 11.8 Å². The topological polar surface area (TPSA) is 65.2 Å². The van der Waals surface area contributed by atoms with E-state index in [4.69, 9.17) is 9.15 Å². The summed E-state index contributed by atoms with van der Waals surface area (Å²) in [5.41, 5.74) is 2.84. The Balaban J connectivity index is 1.82. The van der Waals surface area contributed by atoms with Gasteiger partial charge in [0.25, 0.3) is 5.22 Å². The van der Waals surface area contributed by atoms with Crippen LogP contribution in [0.5, 0.6) is 0 Å². The second kappa shape index (κ2) is 7.98. The summed E-state index contributed by atoms with van der Waals surface area (Å²) >= 11 is 1.19. The Morgan fingerprint density at radius 2 is 1.84 bits per heavy atom. The number of nitrogens with zero attached hydrogens (tertiary/aromatic N) is 2. The van der Waals surface area contributed by atoms with Crippen LogP contribution in [0.1, 0.15) is 23.3 Å². The van der Waals surface area contributed by atoms with Gasteiger partial charge in [-0.1, -0.05) is 48.0 Å². The highest BCUT2D eigenvalue weighted by Gasteiger charge is 2.26. The first-order valence-electron chi connectivity index (χ1n) is 7.96. The molecule has 0 radical (unpaired) electrons. The molecule has 0 N–H and O–H groups in total. The SMILES string of the molecule is CCOC(=O)[C@@H](Sc1nnc(-c2ccc(C)cc2)o1)c1ccccc1. The average Bonchev–Trinajstić information content (AvgIpc) is 3.10. The molecule has 0 saturated heterocycles. The van der Waals surface area contributed by atoms with Crippen molar-refractivity contribution in [2.24, 2.45) is 0 Å². The van der Waals surface area contributed by atoms with Crippen molar-refractivity contribution in [3.8, 4) is 11.5 Å². The average molecular weight is 354 g/mol. The van der Waals surface area contributed by atoms with Crippen molar-refractivity contribution in [1.82, 2.24) is 10.2 Å². The molecule has 0 saturated carbocycles. The quantitative estimate of drug-likeness (QED) is 0.481. The van der Waals surface area contributed by atoms with Gasteiger partial charge in [-0.25, -0.2) is 0 Å². The molecule has 0 fully saturated rings. The zero-order chi connectivity index (χ0) is 17.6. The summed E-state index contributed by atoms with van der Waals surface area (Å²) in [5.74, 6) is 0.104. The summed E-state index contributed by atoms with van der Waals surface area (Å²) < 4.78 is 10.9. The number of carbonyl (C=O) groups is 1. The summed E-state index contributed by atoms with van der Waals surface area (Å²) in [6.07, 6.45) is 0. The molecule has 1 heterocycles. The predicted octanol–water partition coefficient (Wildman–Crippen LogP) is 4.44. The van der Waals surface area contributed by atoms with E-state index >= 15 is 0 Å². The zero-order valence-corrected chi connectivity index (χ0v) is 14.8. The van der Waals surface area contributed by atoms with Crippen LogP contribution in [0.15, 0.2) is 64.2 Å². The summed E-state index contributed by atoms with van der Waals surface area (Å²) in [6, 6.07) is 17.3. The summed E-state index contributed by atoms with van der Waals surface area (Å²) in [5, 5.41) is 7.92. The lowest BCUT2D eigenvalue weighted by Crippen LogP contribution is -2.13. The van der Waals surface area contributed by atoms with Crippen LogP contribution in [-0.4, -0.2) is 22.8 Å². The monoisotopic (exact) mass is 354 g/mol. The van der Waals surface area contributed by atoms with E-state index < -0.39 is 5.25 Å².